The van der Waals surface area contributed by atoms with Crippen LogP contribution in [0.2, 0.25) is 10.0 Å². The average Bonchev–Trinajstić information content (AvgIpc) is 3.82. The molecule has 294 valence electrons. The van der Waals surface area contributed by atoms with Crippen LogP contribution in [0.5, 0.6) is 0 Å². The summed E-state index contributed by atoms with van der Waals surface area (Å²) in [5, 5.41) is 1.51. The van der Waals surface area contributed by atoms with Crippen molar-refractivity contribution in [3.63, 3.8) is 0 Å². The van der Waals surface area contributed by atoms with E-state index in [0.717, 1.165) is 22.9 Å². The van der Waals surface area contributed by atoms with E-state index in [1.54, 1.807) is 12.1 Å². The maximum Gasteiger partial charge on any atom is -1.00 e. The van der Waals surface area contributed by atoms with E-state index in [1.165, 1.54) is 75.5 Å². The summed E-state index contributed by atoms with van der Waals surface area (Å²) in [4.78, 5) is 0. The van der Waals surface area contributed by atoms with Crippen LogP contribution in [0, 0.1) is 13.8 Å². The molecule has 0 N–H and O–H groups in total. The fourth-order valence-corrected chi connectivity index (χ4v) is 17.7. The van der Waals surface area contributed by atoms with E-state index in [-0.39, 0.29) is 35.6 Å². The van der Waals surface area contributed by atoms with Gasteiger partial charge in [-0.15, -0.1) is 0 Å². The molecule has 0 spiro atoms. The molecule has 0 amide bonds. The Morgan fingerprint density at radius 1 is 0.569 bits per heavy atom. The minimum absolute atomic E-state index is 0. The van der Waals surface area contributed by atoms with Gasteiger partial charge in [-0.25, -0.2) is 0 Å². The molecule has 2 aliphatic rings. The van der Waals surface area contributed by atoms with E-state index in [9.17, 15) is 0 Å². The van der Waals surface area contributed by atoms with Crippen LogP contribution in [0.3, 0.4) is 0 Å². The van der Waals surface area contributed by atoms with Gasteiger partial charge in [-0.3, -0.25) is 0 Å². The molecule has 0 nitrogen and oxygen atoms in total. The standard InChI is InChI=1S/C25H16Cl2.C23H29.C5H5.2ClH.Zr/c26-24-13-9-22(10-14-24)20-5-1-18(2-6-20)17-19-3-7-21(8-4-19)23-11-15-25(27)16-12-23;1-14-9-16-11-17-10-15(2)21(23(6,7)8)13-19(17)18(16)12-20(14)22(3,4)5;1-2-4-5-3-1;;;/h1-16H;9,12-13H,11H2,1-8H3;1-3H,4H2;2*1H;/q;;;;;+2/p-2. The third kappa shape index (κ3) is 8.64. The third-order valence-corrected chi connectivity index (χ3v) is 20.2. The summed E-state index contributed by atoms with van der Waals surface area (Å²) in [6.45, 7) is 19.0. The van der Waals surface area contributed by atoms with Gasteiger partial charge in [0.15, 0.2) is 0 Å². The average molecular weight is 920 g/mol. The maximum atomic E-state index is 6.29. The molecule has 0 aromatic heterocycles. The summed E-state index contributed by atoms with van der Waals surface area (Å²) in [5.41, 5.74) is 19.2. The van der Waals surface area contributed by atoms with Gasteiger partial charge in [0.25, 0.3) is 0 Å². The second-order valence-corrected chi connectivity index (χ2v) is 24.4. The molecule has 5 heteroatoms. The Kier molecular flexibility index (Phi) is 13.3. The van der Waals surface area contributed by atoms with E-state index < -0.39 is 21.3 Å². The predicted molar refractivity (Wildman–Crippen MR) is 240 cm³/mol. The van der Waals surface area contributed by atoms with E-state index in [1.807, 2.05) is 24.3 Å². The first-order valence-corrected chi connectivity index (χ1v) is 24.3. The van der Waals surface area contributed by atoms with Crippen molar-refractivity contribution in [3.05, 3.63) is 191 Å². The molecule has 0 saturated carbocycles. The monoisotopic (exact) mass is 916 g/mol. The topological polar surface area (TPSA) is 0 Å². The van der Waals surface area contributed by atoms with Crippen molar-refractivity contribution in [1.82, 2.24) is 0 Å². The fraction of sp³-hybridized carbons (Fsp3) is 0.226. The third-order valence-electron chi connectivity index (χ3n) is 11.7. The van der Waals surface area contributed by atoms with E-state index in [0.29, 0.717) is 0 Å². The van der Waals surface area contributed by atoms with Crippen molar-refractivity contribution in [2.45, 2.75) is 79.1 Å². The smallest absolute Gasteiger partial charge is 1.00 e. The molecular weight excluding hydrogens is 870 g/mol. The molecule has 58 heavy (non-hydrogen) atoms. The molecule has 0 unspecified atom stereocenters. The zero-order valence-corrected chi connectivity index (χ0v) is 40.1. The number of hydrogen-bond acceptors (Lipinski definition) is 0. The van der Waals surface area contributed by atoms with Crippen molar-refractivity contribution in [1.29, 1.82) is 0 Å². The quantitative estimate of drug-likeness (QED) is 0.157. The van der Waals surface area contributed by atoms with Crippen molar-refractivity contribution < 1.29 is 46.1 Å². The van der Waals surface area contributed by atoms with Crippen LogP contribution in [0.25, 0.3) is 33.4 Å². The van der Waals surface area contributed by atoms with Gasteiger partial charge >= 0.3 is 355 Å². The summed E-state index contributed by atoms with van der Waals surface area (Å²) < 4.78 is 4.82. The van der Waals surface area contributed by atoms with Crippen molar-refractivity contribution in [2.75, 3.05) is 0 Å². The summed E-state index contributed by atoms with van der Waals surface area (Å²) in [6.07, 6.45) is 9.14. The van der Waals surface area contributed by atoms with Crippen molar-refractivity contribution in [3.8, 4) is 33.4 Å². The van der Waals surface area contributed by atoms with Gasteiger partial charge < -0.3 is 24.8 Å². The van der Waals surface area contributed by atoms with Crippen LogP contribution in [0.1, 0.15) is 92.5 Å². The summed E-state index contributed by atoms with van der Waals surface area (Å²) >= 11 is 9.59. The van der Waals surface area contributed by atoms with Gasteiger partial charge in [-0.05, 0) is 0 Å². The Bertz CT molecular complexity index is 2490. The number of benzene rings is 6. The van der Waals surface area contributed by atoms with Gasteiger partial charge in [0, 0.05) is 0 Å². The summed E-state index contributed by atoms with van der Waals surface area (Å²) in [5.74, 6) is 0. The second-order valence-electron chi connectivity index (χ2n) is 17.7. The van der Waals surface area contributed by atoms with E-state index >= 15 is 0 Å². The number of fused-ring (bicyclic) bond motifs is 3. The van der Waals surface area contributed by atoms with E-state index in [2.05, 4.69) is 165 Å². The largest absolute Gasteiger partial charge is 1.00 e. The van der Waals surface area contributed by atoms with Crippen LogP contribution in [0.4, 0.5) is 0 Å². The molecule has 0 fully saturated rings. The Balaban J connectivity index is 0.00000283. The molecular formula is C53H50Cl4Zr. The molecule has 8 rings (SSSR count). The van der Waals surface area contributed by atoms with Crippen LogP contribution < -0.4 is 28.1 Å². The first-order chi connectivity index (χ1) is 26.7. The van der Waals surface area contributed by atoms with E-state index in [4.69, 9.17) is 23.2 Å². The SMILES string of the molecule is Cc1cc2c(cc1C(C)(C)C)-c1cc(C(C)(C)C)c(C)[c]([Zr+2]([C]3=CC=CC3)=[C](c3ccc(-c4ccc(Cl)cc4)cc3)c3ccc(-c4ccc(Cl)cc4)cc3)c1C2.[Cl-].[Cl-]. The fourth-order valence-electron chi connectivity index (χ4n) is 9.02. The summed E-state index contributed by atoms with van der Waals surface area (Å²) in [7, 11) is 0. The zero-order valence-electron chi connectivity index (χ0n) is 34.6. The van der Waals surface area contributed by atoms with Gasteiger partial charge in [0.1, 0.15) is 0 Å². The maximum absolute atomic E-state index is 6.29. The van der Waals surface area contributed by atoms with Crippen molar-refractivity contribution in [2.24, 2.45) is 0 Å². The van der Waals surface area contributed by atoms with Crippen LogP contribution >= 0.6 is 23.2 Å². The molecule has 0 atom stereocenters. The van der Waals surface area contributed by atoms with Crippen molar-refractivity contribution >= 4 is 29.7 Å². The minimum atomic E-state index is -2.99. The number of hydrogen-bond donors (Lipinski definition) is 0. The normalized spacial score (nSPS) is 12.8. The number of rotatable bonds is 6. The second kappa shape index (κ2) is 17.4. The van der Waals surface area contributed by atoms with Crippen LogP contribution in [0.15, 0.2) is 137 Å². The van der Waals surface area contributed by atoms with Gasteiger partial charge in [0.05, 0.1) is 0 Å². The number of allylic oxidation sites excluding steroid dienone is 4. The number of aryl methyl sites for hydroxylation is 1. The predicted octanol–water partition coefficient (Wildman–Crippen LogP) is 8.47. The minimum Gasteiger partial charge on any atom is -1.00 e. The first kappa shape index (κ1) is 44.3. The van der Waals surface area contributed by atoms with Gasteiger partial charge in [0.2, 0.25) is 0 Å². The molecule has 6 aromatic rings. The molecule has 2 aliphatic carbocycles. The molecule has 0 saturated heterocycles. The molecule has 6 aromatic carbocycles. The molecule has 0 heterocycles. The number of halogens is 4. The van der Waals surface area contributed by atoms with Crippen LogP contribution in [-0.2, 0) is 38.5 Å². The Morgan fingerprint density at radius 3 is 1.45 bits per heavy atom. The van der Waals surface area contributed by atoms with Crippen LogP contribution in [-0.4, -0.2) is 3.21 Å². The zero-order chi connectivity index (χ0) is 39.5. The Labute approximate surface area is 376 Å². The van der Waals surface area contributed by atoms with Gasteiger partial charge in [-0.2, -0.15) is 0 Å². The first-order valence-electron chi connectivity index (χ1n) is 19.8. The molecule has 0 aliphatic heterocycles. The molecule has 0 bridgehead atoms. The summed E-state index contributed by atoms with van der Waals surface area (Å²) in [6, 6.07) is 42.7. The molecule has 0 radical (unpaired) electrons. The Hall–Kier alpha value is -3.29. The van der Waals surface area contributed by atoms with Gasteiger partial charge in [-0.1, -0.05) is 0 Å². The Morgan fingerprint density at radius 2 is 1.02 bits per heavy atom.